The van der Waals surface area contributed by atoms with Crippen molar-refractivity contribution in [1.82, 2.24) is 10.3 Å². The molecule has 3 N–H and O–H groups in total. The number of rotatable bonds is 7. The van der Waals surface area contributed by atoms with Crippen LogP contribution in [0.2, 0.25) is 0 Å². The lowest BCUT2D eigenvalue weighted by molar-refractivity contribution is -0.117. The normalized spacial score (nSPS) is 17.6. The van der Waals surface area contributed by atoms with Gasteiger partial charge in [-0.25, -0.2) is 4.98 Å². The van der Waals surface area contributed by atoms with E-state index in [0.717, 1.165) is 42.2 Å². The monoisotopic (exact) mass is 495 g/mol. The highest BCUT2D eigenvalue weighted by atomic mass is 16.5. The molecule has 2 amide bonds. The molecule has 2 atom stereocenters. The van der Waals surface area contributed by atoms with E-state index < -0.39 is 0 Å². The Morgan fingerprint density at radius 3 is 2.39 bits per heavy atom. The molecule has 2 aliphatic rings. The van der Waals surface area contributed by atoms with E-state index in [1.165, 1.54) is 6.42 Å². The standard InChI is InChI=1S/C23H29N5O3.C5H12/c1-14-13-27(18-6-7-18)19-8-4-16(10-20(19)28(14)22(29)11-24)23(30)26-15(2)17-5-9-21(31-3)25-12-17;1-4-5(2)3/h4-5,8-10,12,14-15,18H,6-7,11,13,24H2,1-3H3,(H,26,30);5H,4H2,1-3H3. The van der Waals surface area contributed by atoms with Crippen molar-refractivity contribution in [2.45, 2.75) is 72.0 Å². The van der Waals surface area contributed by atoms with Crippen LogP contribution in [0.25, 0.3) is 0 Å². The van der Waals surface area contributed by atoms with E-state index in [9.17, 15) is 9.59 Å². The van der Waals surface area contributed by atoms with E-state index in [1.807, 2.05) is 38.1 Å². The first-order valence-electron chi connectivity index (χ1n) is 12.9. The smallest absolute Gasteiger partial charge is 0.251 e. The first-order chi connectivity index (χ1) is 17.2. The Hall–Kier alpha value is -3.13. The van der Waals surface area contributed by atoms with E-state index in [1.54, 1.807) is 24.3 Å². The largest absolute Gasteiger partial charge is 0.481 e. The minimum Gasteiger partial charge on any atom is -0.481 e. The highest BCUT2D eigenvalue weighted by Gasteiger charge is 2.38. The topological polar surface area (TPSA) is 101 Å². The molecule has 196 valence electrons. The second-order valence-electron chi connectivity index (χ2n) is 10.0. The maximum atomic E-state index is 13.0. The summed E-state index contributed by atoms with van der Waals surface area (Å²) in [7, 11) is 1.56. The first-order valence-corrected chi connectivity index (χ1v) is 12.9. The minimum atomic E-state index is -0.231. The van der Waals surface area contributed by atoms with Crippen molar-refractivity contribution < 1.29 is 14.3 Å². The highest BCUT2D eigenvalue weighted by Crippen LogP contribution is 2.42. The second kappa shape index (κ2) is 12.2. The van der Waals surface area contributed by atoms with E-state index >= 15 is 0 Å². The molecule has 36 heavy (non-hydrogen) atoms. The van der Waals surface area contributed by atoms with Gasteiger partial charge in [-0.1, -0.05) is 33.3 Å². The quantitative estimate of drug-likeness (QED) is 0.594. The number of methoxy groups -OCH3 is 1. The Balaban J connectivity index is 0.000000658. The average Bonchev–Trinajstić information content (AvgIpc) is 3.73. The number of nitrogens with two attached hydrogens (primary N) is 1. The first kappa shape index (κ1) is 27.5. The van der Waals surface area contributed by atoms with Gasteiger partial charge in [0.2, 0.25) is 11.8 Å². The van der Waals surface area contributed by atoms with Crippen LogP contribution in [0.3, 0.4) is 0 Å². The van der Waals surface area contributed by atoms with Gasteiger partial charge in [0.25, 0.3) is 5.91 Å². The van der Waals surface area contributed by atoms with E-state index in [0.29, 0.717) is 17.5 Å². The van der Waals surface area contributed by atoms with Crippen molar-refractivity contribution in [2.24, 2.45) is 11.7 Å². The van der Waals surface area contributed by atoms with Crippen molar-refractivity contribution >= 4 is 23.2 Å². The molecular weight excluding hydrogens is 454 g/mol. The molecule has 0 radical (unpaired) electrons. The van der Waals surface area contributed by atoms with Crippen molar-refractivity contribution in [1.29, 1.82) is 0 Å². The molecule has 2 heterocycles. The number of fused-ring (bicyclic) bond motifs is 1. The zero-order valence-electron chi connectivity index (χ0n) is 22.5. The molecule has 1 aromatic carbocycles. The van der Waals surface area contributed by atoms with E-state index in [2.05, 4.69) is 36.0 Å². The predicted octanol–water partition coefficient (Wildman–Crippen LogP) is 4.30. The Bertz CT molecular complexity index is 1040. The molecule has 0 spiro atoms. The number of anilines is 2. The van der Waals surface area contributed by atoms with Crippen LogP contribution in [-0.4, -0.2) is 49.1 Å². The lowest BCUT2D eigenvalue weighted by Gasteiger charge is -2.42. The van der Waals surface area contributed by atoms with Crippen LogP contribution < -0.4 is 25.6 Å². The zero-order chi connectivity index (χ0) is 26.4. The summed E-state index contributed by atoms with van der Waals surface area (Å²) >= 11 is 0. The van der Waals surface area contributed by atoms with Gasteiger partial charge in [-0.15, -0.1) is 0 Å². The lowest BCUT2D eigenvalue weighted by Crippen LogP contribution is -2.52. The van der Waals surface area contributed by atoms with Gasteiger partial charge in [0.1, 0.15) is 0 Å². The van der Waals surface area contributed by atoms with Crippen LogP contribution in [-0.2, 0) is 4.79 Å². The van der Waals surface area contributed by atoms with Crippen molar-refractivity contribution in [3.05, 3.63) is 47.7 Å². The van der Waals surface area contributed by atoms with Gasteiger partial charge < -0.3 is 25.6 Å². The number of ether oxygens (including phenoxy) is 1. The lowest BCUT2D eigenvalue weighted by atomic mass is 10.0. The second-order valence-corrected chi connectivity index (χ2v) is 10.0. The van der Waals surface area contributed by atoms with Crippen LogP contribution >= 0.6 is 0 Å². The number of benzene rings is 1. The molecule has 1 aromatic heterocycles. The number of carbonyl (C=O) groups is 2. The summed E-state index contributed by atoms with van der Waals surface area (Å²) < 4.78 is 5.09. The third-order valence-corrected chi connectivity index (χ3v) is 6.77. The predicted molar refractivity (Wildman–Crippen MR) is 145 cm³/mol. The van der Waals surface area contributed by atoms with E-state index in [-0.39, 0.29) is 30.4 Å². The van der Waals surface area contributed by atoms with Crippen molar-refractivity contribution in [2.75, 3.05) is 30.0 Å². The summed E-state index contributed by atoms with van der Waals surface area (Å²) in [4.78, 5) is 33.9. The SMILES string of the molecule is CCC(C)C.COc1ccc(C(C)NC(=O)c2ccc3c(c2)N(C(=O)CN)C(C)CN3C2CC2)cn1. The number of carbonyl (C=O) groups excluding carboxylic acids is 2. The molecule has 0 bridgehead atoms. The van der Waals surface area contributed by atoms with E-state index in [4.69, 9.17) is 10.5 Å². The van der Waals surface area contributed by atoms with Gasteiger partial charge in [-0.3, -0.25) is 9.59 Å². The average molecular weight is 496 g/mol. The summed E-state index contributed by atoms with van der Waals surface area (Å²) in [6.07, 6.45) is 5.31. The molecule has 1 aliphatic heterocycles. The Labute approximate surface area is 215 Å². The Morgan fingerprint density at radius 1 is 1.17 bits per heavy atom. The van der Waals surface area contributed by atoms with Crippen LogP contribution in [0.4, 0.5) is 11.4 Å². The van der Waals surface area contributed by atoms with Gasteiger partial charge >= 0.3 is 0 Å². The molecule has 4 rings (SSSR count). The number of nitrogens with one attached hydrogen (secondary N) is 1. The highest BCUT2D eigenvalue weighted by molar-refractivity contribution is 6.03. The van der Waals surface area contributed by atoms with Gasteiger partial charge in [-0.2, -0.15) is 0 Å². The number of amides is 2. The summed E-state index contributed by atoms with van der Waals surface area (Å²) in [5.41, 5.74) is 8.81. The molecule has 1 aliphatic carbocycles. The number of pyridine rings is 1. The van der Waals surface area contributed by atoms with Crippen LogP contribution in [0.1, 0.15) is 75.8 Å². The summed E-state index contributed by atoms with van der Waals surface area (Å²) in [5.74, 6) is 1.06. The van der Waals surface area contributed by atoms with Crippen molar-refractivity contribution in [3.63, 3.8) is 0 Å². The fraction of sp³-hybridized carbons (Fsp3) is 0.536. The van der Waals surface area contributed by atoms with Gasteiger partial charge in [0.15, 0.2) is 0 Å². The summed E-state index contributed by atoms with van der Waals surface area (Å²) in [6.45, 7) is 11.3. The Kier molecular flexibility index (Phi) is 9.31. The maximum Gasteiger partial charge on any atom is 0.251 e. The van der Waals surface area contributed by atoms with Gasteiger partial charge in [0.05, 0.1) is 37.1 Å². The molecule has 8 nitrogen and oxygen atoms in total. The molecule has 2 unspecified atom stereocenters. The van der Waals surface area contributed by atoms with Crippen molar-refractivity contribution in [3.8, 4) is 5.88 Å². The number of hydrogen-bond acceptors (Lipinski definition) is 6. The summed E-state index contributed by atoms with van der Waals surface area (Å²) in [6, 6.07) is 9.49. The third kappa shape index (κ3) is 6.55. The fourth-order valence-corrected chi connectivity index (χ4v) is 4.15. The minimum absolute atomic E-state index is 0.00763. The molecule has 8 heteroatoms. The van der Waals surface area contributed by atoms with Gasteiger partial charge in [-0.05, 0) is 56.4 Å². The number of aromatic nitrogens is 1. The number of hydrogen-bond donors (Lipinski definition) is 2. The zero-order valence-corrected chi connectivity index (χ0v) is 22.5. The molecule has 1 saturated carbocycles. The van der Waals surface area contributed by atoms with Gasteiger partial charge in [0, 0.05) is 30.4 Å². The molecular formula is C28H41N5O3. The van der Waals surface area contributed by atoms with Crippen LogP contribution in [0.5, 0.6) is 5.88 Å². The van der Waals surface area contributed by atoms with Crippen LogP contribution in [0.15, 0.2) is 36.5 Å². The molecule has 1 fully saturated rings. The Morgan fingerprint density at radius 2 is 1.86 bits per heavy atom. The maximum absolute atomic E-state index is 13.0. The number of nitrogens with zero attached hydrogens (tertiary/aromatic N) is 3. The molecule has 2 aromatic rings. The fourth-order valence-electron chi connectivity index (χ4n) is 4.15. The summed E-state index contributed by atoms with van der Waals surface area (Å²) in [5, 5.41) is 3.01. The van der Waals surface area contributed by atoms with Crippen LogP contribution in [0, 0.1) is 5.92 Å². The molecule has 0 saturated heterocycles. The third-order valence-electron chi connectivity index (χ3n) is 6.77.